The lowest BCUT2D eigenvalue weighted by Crippen LogP contribution is -2.43. The molecule has 0 radical (unpaired) electrons. The van der Waals surface area contributed by atoms with Crippen LogP contribution in [0.2, 0.25) is 0 Å². The third-order valence-corrected chi connectivity index (χ3v) is 5.42. The Morgan fingerprint density at radius 2 is 1.86 bits per heavy atom. The van der Waals surface area contributed by atoms with Gasteiger partial charge >= 0.3 is 0 Å². The highest BCUT2D eigenvalue weighted by Gasteiger charge is 2.38. The van der Waals surface area contributed by atoms with E-state index in [2.05, 4.69) is 17.4 Å². The van der Waals surface area contributed by atoms with Crippen LogP contribution < -0.4 is 5.32 Å². The maximum absolute atomic E-state index is 12.7. The van der Waals surface area contributed by atoms with E-state index in [0.29, 0.717) is 12.5 Å². The molecule has 120 valence electrons. The first kappa shape index (κ1) is 15.5. The van der Waals surface area contributed by atoms with E-state index >= 15 is 0 Å². The molecule has 1 aromatic rings. The Morgan fingerprint density at radius 1 is 1.18 bits per heavy atom. The summed E-state index contributed by atoms with van der Waals surface area (Å²) in [4.78, 5) is 12.7. The van der Waals surface area contributed by atoms with Crippen LogP contribution in [0.5, 0.6) is 0 Å². The summed E-state index contributed by atoms with van der Waals surface area (Å²) in [7, 11) is 0. The van der Waals surface area contributed by atoms with E-state index in [0.717, 1.165) is 31.2 Å². The van der Waals surface area contributed by atoms with Crippen LogP contribution in [-0.4, -0.2) is 24.2 Å². The first-order valence-corrected chi connectivity index (χ1v) is 8.68. The molecule has 1 atom stereocenters. The van der Waals surface area contributed by atoms with Crippen molar-refractivity contribution in [1.82, 2.24) is 5.32 Å². The molecule has 1 unspecified atom stereocenters. The van der Waals surface area contributed by atoms with E-state index in [-0.39, 0.29) is 23.8 Å². The molecule has 1 amide bonds. The number of carbonyl (C=O) groups is 1. The summed E-state index contributed by atoms with van der Waals surface area (Å²) in [5.74, 6) is 0.631. The average Bonchev–Trinajstić information content (AvgIpc) is 3.40. The van der Waals surface area contributed by atoms with Gasteiger partial charge < -0.3 is 10.4 Å². The number of aliphatic hydroxyl groups is 1. The highest BCUT2D eigenvalue weighted by molar-refractivity contribution is 5.84. The summed E-state index contributed by atoms with van der Waals surface area (Å²) in [6, 6.07) is 10.1. The second kappa shape index (κ2) is 6.82. The third kappa shape index (κ3) is 3.52. The summed E-state index contributed by atoms with van der Waals surface area (Å²) >= 11 is 0. The van der Waals surface area contributed by atoms with E-state index in [1.54, 1.807) is 0 Å². The molecule has 0 aromatic heterocycles. The first-order valence-electron chi connectivity index (χ1n) is 8.68. The van der Waals surface area contributed by atoms with Crippen molar-refractivity contribution >= 4 is 5.91 Å². The van der Waals surface area contributed by atoms with Gasteiger partial charge in [0.05, 0.1) is 12.5 Å². The van der Waals surface area contributed by atoms with E-state index in [1.807, 2.05) is 18.2 Å². The van der Waals surface area contributed by atoms with E-state index in [9.17, 15) is 9.90 Å². The second-order valence-electron chi connectivity index (χ2n) is 7.16. The molecule has 3 heteroatoms. The van der Waals surface area contributed by atoms with Crippen LogP contribution in [0.4, 0.5) is 0 Å². The van der Waals surface area contributed by atoms with Gasteiger partial charge in [-0.3, -0.25) is 4.79 Å². The normalized spacial score (nSPS) is 22.0. The number of amides is 1. The fraction of sp³-hybridized carbons (Fsp3) is 0.632. The molecule has 2 fully saturated rings. The number of hydrogen-bond acceptors (Lipinski definition) is 2. The van der Waals surface area contributed by atoms with Crippen molar-refractivity contribution in [3.8, 4) is 0 Å². The Balaban J connectivity index is 1.64. The van der Waals surface area contributed by atoms with Crippen molar-refractivity contribution in [3.05, 3.63) is 35.9 Å². The highest BCUT2D eigenvalue weighted by Crippen LogP contribution is 2.43. The predicted molar refractivity (Wildman–Crippen MR) is 87.5 cm³/mol. The van der Waals surface area contributed by atoms with Gasteiger partial charge in [-0.05, 0) is 37.2 Å². The van der Waals surface area contributed by atoms with Gasteiger partial charge in [-0.2, -0.15) is 0 Å². The lowest BCUT2D eigenvalue weighted by Gasteiger charge is -2.36. The van der Waals surface area contributed by atoms with Crippen LogP contribution >= 0.6 is 0 Å². The minimum atomic E-state index is -0.0846. The molecule has 3 rings (SSSR count). The maximum atomic E-state index is 12.7. The van der Waals surface area contributed by atoms with Gasteiger partial charge in [0.2, 0.25) is 5.91 Å². The van der Waals surface area contributed by atoms with E-state index in [1.165, 1.54) is 19.3 Å². The van der Waals surface area contributed by atoms with Crippen molar-refractivity contribution < 1.29 is 9.90 Å². The van der Waals surface area contributed by atoms with Crippen LogP contribution in [0.25, 0.3) is 0 Å². The molecular weight excluding hydrogens is 274 g/mol. The average molecular weight is 301 g/mol. The number of aliphatic hydroxyl groups excluding tert-OH is 1. The molecule has 0 aliphatic heterocycles. The maximum Gasteiger partial charge on any atom is 0.227 e. The summed E-state index contributed by atoms with van der Waals surface area (Å²) in [5.41, 5.74) is 1.04. The van der Waals surface area contributed by atoms with Crippen LogP contribution in [0.3, 0.4) is 0 Å². The molecule has 0 heterocycles. The lowest BCUT2D eigenvalue weighted by molar-refractivity contribution is -0.123. The molecular formula is C19H27NO2. The lowest BCUT2D eigenvalue weighted by atomic mass is 9.74. The van der Waals surface area contributed by atoms with Gasteiger partial charge in [0.25, 0.3) is 0 Å². The zero-order valence-corrected chi connectivity index (χ0v) is 13.3. The third-order valence-electron chi connectivity index (χ3n) is 5.42. The van der Waals surface area contributed by atoms with Crippen molar-refractivity contribution in [2.75, 3.05) is 13.2 Å². The topological polar surface area (TPSA) is 49.3 Å². The fourth-order valence-corrected chi connectivity index (χ4v) is 3.80. The van der Waals surface area contributed by atoms with Crippen LogP contribution in [0, 0.1) is 11.3 Å². The molecule has 22 heavy (non-hydrogen) atoms. The molecule has 2 aliphatic carbocycles. The quantitative estimate of drug-likeness (QED) is 0.847. The van der Waals surface area contributed by atoms with Crippen LogP contribution in [0.1, 0.15) is 56.4 Å². The molecule has 2 aliphatic rings. The van der Waals surface area contributed by atoms with E-state index < -0.39 is 0 Å². The molecule has 0 saturated heterocycles. The zero-order valence-electron chi connectivity index (χ0n) is 13.3. The van der Waals surface area contributed by atoms with Gasteiger partial charge in [0, 0.05) is 12.0 Å². The Bertz CT molecular complexity index is 489. The molecule has 0 bridgehead atoms. The standard InChI is InChI=1S/C19H27NO2/c21-14-19(11-5-2-6-12-19)13-20-18(22)17(16-9-10-16)15-7-3-1-4-8-15/h1,3-4,7-8,16-17,21H,2,5-6,9-14H2,(H,20,22). The summed E-state index contributed by atoms with van der Waals surface area (Å²) in [6.45, 7) is 0.811. The van der Waals surface area contributed by atoms with Crippen LogP contribution in [-0.2, 0) is 4.79 Å². The van der Waals surface area contributed by atoms with Crippen molar-refractivity contribution in [2.24, 2.45) is 11.3 Å². The molecule has 2 saturated carbocycles. The zero-order chi connectivity index (χ0) is 15.4. The van der Waals surface area contributed by atoms with Crippen molar-refractivity contribution in [1.29, 1.82) is 0 Å². The second-order valence-corrected chi connectivity index (χ2v) is 7.16. The smallest absolute Gasteiger partial charge is 0.227 e. The van der Waals surface area contributed by atoms with Gasteiger partial charge in [-0.25, -0.2) is 0 Å². The van der Waals surface area contributed by atoms with Gasteiger partial charge in [0.15, 0.2) is 0 Å². The Hall–Kier alpha value is -1.35. The first-order chi connectivity index (χ1) is 10.7. The van der Waals surface area contributed by atoms with Gasteiger partial charge in [-0.1, -0.05) is 49.6 Å². The Kier molecular flexibility index (Phi) is 4.82. The molecule has 1 aromatic carbocycles. The Labute approximate surface area is 133 Å². The fourth-order valence-electron chi connectivity index (χ4n) is 3.80. The minimum Gasteiger partial charge on any atom is -0.396 e. The largest absolute Gasteiger partial charge is 0.396 e. The number of hydrogen-bond donors (Lipinski definition) is 2. The Morgan fingerprint density at radius 3 is 2.45 bits per heavy atom. The van der Waals surface area contributed by atoms with E-state index in [4.69, 9.17) is 0 Å². The number of nitrogens with one attached hydrogen (secondary N) is 1. The summed E-state index contributed by atoms with van der Waals surface area (Å²) in [6.07, 6.45) is 7.95. The number of benzene rings is 1. The number of carbonyl (C=O) groups excluding carboxylic acids is 1. The summed E-state index contributed by atoms with van der Waals surface area (Å²) < 4.78 is 0. The highest BCUT2D eigenvalue weighted by atomic mass is 16.3. The SMILES string of the molecule is O=C(NCC1(CO)CCCCC1)C(c1ccccc1)C1CC1. The summed E-state index contributed by atoms with van der Waals surface area (Å²) in [5, 5.41) is 12.9. The van der Waals surface area contributed by atoms with Gasteiger partial charge in [-0.15, -0.1) is 0 Å². The predicted octanol–water partition coefficient (Wildman–Crippen LogP) is 3.24. The number of rotatable bonds is 6. The monoisotopic (exact) mass is 301 g/mol. The molecule has 0 spiro atoms. The molecule has 3 nitrogen and oxygen atoms in total. The van der Waals surface area contributed by atoms with Crippen molar-refractivity contribution in [2.45, 2.75) is 50.9 Å². The minimum absolute atomic E-state index is 0.0134. The van der Waals surface area contributed by atoms with Crippen molar-refractivity contribution in [3.63, 3.8) is 0 Å². The van der Waals surface area contributed by atoms with Crippen LogP contribution in [0.15, 0.2) is 30.3 Å². The van der Waals surface area contributed by atoms with Gasteiger partial charge in [0.1, 0.15) is 0 Å². The molecule has 2 N–H and O–H groups in total.